The number of aromatic nitrogens is 2. The minimum absolute atomic E-state index is 0.169. The van der Waals surface area contributed by atoms with Crippen molar-refractivity contribution in [1.29, 1.82) is 0 Å². The van der Waals surface area contributed by atoms with Crippen LogP contribution in [-0.2, 0) is 12.8 Å². The molecular weight excluding hydrogens is 250 g/mol. The average molecular weight is 275 g/mol. The molecule has 1 aliphatic heterocycles. The molecule has 1 saturated heterocycles. The van der Waals surface area contributed by atoms with Crippen LogP contribution < -0.4 is 4.90 Å². The van der Waals surface area contributed by atoms with Crippen molar-refractivity contribution < 1.29 is 5.11 Å². The molecule has 0 radical (unpaired) electrons. The summed E-state index contributed by atoms with van der Waals surface area (Å²) in [4.78, 5) is 11.7. The second-order valence-corrected chi connectivity index (χ2v) is 6.73. The smallest absolute Gasteiger partial charge is 0.136 e. The van der Waals surface area contributed by atoms with E-state index in [-0.39, 0.29) is 6.04 Å². The van der Waals surface area contributed by atoms with Crippen LogP contribution in [0.5, 0.6) is 0 Å². The number of rotatable bonds is 2. The van der Waals surface area contributed by atoms with Crippen molar-refractivity contribution in [3.63, 3.8) is 0 Å². The fourth-order valence-electron chi connectivity index (χ4n) is 3.69. The van der Waals surface area contributed by atoms with Crippen LogP contribution in [0.25, 0.3) is 0 Å². The van der Waals surface area contributed by atoms with Gasteiger partial charge in [-0.2, -0.15) is 0 Å². The molecule has 0 aromatic carbocycles. The quantitative estimate of drug-likeness (QED) is 0.900. The van der Waals surface area contributed by atoms with E-state index >= 15 is 0 Å². The van der Waals surface area contributed by atoms with Gasteiger partial charge in [0.15, 0.2) is 0 Å². The summed E-state index contributed by atoms with van der Waals surface area (Å²) in [7, 11) is 0. The zero-order valence-electron chi connectivity index (χ0n) is 12.8. The van der Waals surface area contributed by atoms with Gasteiger partial charge < -0.3 is 10.0 Å². The second-order valence-electron chi connectivity index (χ2n) is 6.73. The van der Waals surface area contributed by atoms with Gasteiger partial charge in [0.2, 0.25) is 0 Å². The Kier molecular flexibility index (Phi) is 3.44. The topological polar surface area (TPSA) is 49.2 Å². The van der Waals surface area contributed by atoms with E-state index in [1.165, 1.54) is 24.1 Å². The van der Waals surface area contributed by atoms with Gasteiger partial charge in [-0.3, -0.25) is 0 Å². The first-order chi connectivity index (χ1) is 9.47. The third kappa shape index (κ3) is 2.41. The van der Waals surface area contributed by atoms with E-state index in [4.69, 9.17) is 4.98 Å². The van der Waals surface area contributed by atoms with Crippen molar-refractivity contribution >= 4 is 5.82 Å². The van der Waals surface area contributed by atoms with Crippen molar-refractivity contribution in [2.24, 2.45) is 0 Å². The molecule has 4 nitrogen and oxygen atoms in total. The molecule has 1 aliphatic carbocycles. The maximum absolute atomic E-state index is 10.4. The summed E-state index contributed by atoms with van der Waals surface area (Å²) >= 11 is 0. The number of hydrogen-bond donors (Lipinski definition) is 1. The lowest BCUT2D eigenvalue weighted by Gasteiger charge is -2.36. The Balaban J connectivity index is 2.03. The number of aliphatic hydroxyl groups is 1. The molecule has 1 atom stereocenters. The van der Waals surface area contributed by atoms with E-state index in [2.05, 4.69) is 9.88 Å². The first-order valence-corrected chi connectivity index (χ1v) is 7.82. The van der Waals surface area contributed by atoms with Gasteiger partial charge in [-0.05, 0) is 59.3 Å². The average Bonchev–Trinajstić information content (AvgIpc) is 2.86. The molecule has 0 spiro atoms. The maximum atomic E-state index is 10.4. The van der Waals surface area contributed by atoms with Crippen molar-refractivity contribution in [2.45, 2.75) is 70.9 Å². The molecular formula is C16H25N3O. The Morgan fingerprint density at radius 2 is 1.90 bits per heavy atom. The van der Waals surface area contributed by atoms with E-state index in [1.807, 2.05) is 20.8 Å². The lowest BCUT2D eigenvalue weighted by Crippen LogP contribution is -2.46. The number of anilines is 1. The van der Waals surface area contributed by atoms with E-state index in [0.717, 1.165) is 43.9 Å². The Labute approximate surface area is 121 Å². The lowest BCUT2D eigenvalue weighted by molar-refractivity contribution is 0.0532. The van der Waals surface area contributed by atoms with Crippen LogP contribution in [0.4, 0.5) is 5.82 Å². The summed E-state index contributed by atoms with van der Waals surface area (Å²) in [6.45, 7) is 6.80. The van der Waals surface area contributed by atoms with Crippen molar-refractivity contribution in [2.75, 3.05) is 11.4 Å². The highest BCUT2D eigenvalue weighted by Gasteiger charge is 2.38. The van der Waals surface area contributed by atoms with Gasteiger partial charge in [-0.1, -0.05) is 0 Å². The fraction of sp³-hybridized carbons (Fsp3) is 0.750. The number of aryl methyl sites for hydroxylation is 2. The van der Waals surface area contributed by atoms with Crippen LogP contribution >= 0.6 is 0 Å². The van der Waals surface area contributed by atoms with Crippen molar-refractivity contribution in [3.8, 4) is 0 Å². The highest BCUT2D eigenvalue weighted by molar-refractivity contribution is 5.52. The fourth-order valence-corrected chi connectivity index (χ4v) is 3.69. The van der Waals surface area contributed by atoms with Crippen LogP contribution in [0.2, 0.25) is 0 Å². The molecule has 20 heavy (non-hydrogen) atoms. The van der Waals surface area contributed by atoms with E-state index in [9.17, 15) is 5.11 Å². The zero-order valence-corrected chi connectivity index (χ0v) is 12.8. The molecule has 1 fully saturated rings. The molecule has 1 unspecified atom stereocenters. The van der Waals surface area contributed by atoms with Gasteiger partial charge in [0.05, 0.1) is 11.6 Å². The van der Waals surface area contributed by atoms with Crippen LogP contribution in [-0.4, -0.2) is 33.3 Å². The molecule has 3 rings (SSSR count). The number of fused-ring (bicyclic) bond motifs is 1. The maximum Gasteiger partial charge on any atom is 0.136 e. The first-order valence-electron chi connectivity index (χ1n) is 7.82. The predicted octanol–water partition coefficient (Wildman–Crippen LogP) is 2.40. The SMILES string of the molecule is Cc1nc2c(c(N3CCCC3C(C)(C)O)n1)CCCC2. The normalized spacial score (nSPS) is 23.0. The monoisotopic (exact) mass is 275 g/mol. The molecule has 0 saturated carbocycles. The second kappa shape index (κ2) is 4.99. The third-order valence-corrected chi connectivity index (χ3v) is 4.61. The molecule has 110 valence electrons. The minimum Gasteiger partial charge on any atom is -0.388 e. The summed E-state index contributed by atoms with van der Waals surface area (Å²) in [5.41, 5.74) is 1.88. The molecule has 2 heterocycles. The summed E-state index contributed by atoms with van der Waals surface area (Å²) in [5, 5.41) is 10.4. The van der Waals surface area contributed by atoms with E-state index in [0.29, 0.717) is 0 Å². The Morgan fingerprint density at radius 1 is 1.15 bits per heavy atom. The van der Waals surface area contributed by atoms with E-state index in [1.54, 1.807) is 0 Å². The molecule has 0 amide bonds. The van der Waals surface area contributed by atoms with Crippen molar-refractivity contribution in [1.82, 2.24) is 9.97 Å². The Morgan fingerprint density at radius 3 is 2.65 bits per heavy atom. The molecule has 1 N–H and O–H groups in total. The third-order valence-electron chi connectivity index (χ3n) is 4.61. The molecule has 1 aromatic heterocycles. The van der Waals surface area contributed by atoms with Crippen LogP contribution in [0.1, 0.15) is 56.6 Å². The van der Waals surface area contributed by atoms with Crippen molar-refractivity contribution in [3.05, 3.63) is 17.1 Å². The van der Waals surface area contributed by atoms with Gasteiger partial charge in [0.1, 0.15) is 11.6 Å². The summed E-state index contributed by atoms with van der Waals surface area (Å²) in [5.74, 6) is 1.96. The van der Waals surface area contributed by atoms with Crippen LogP contribution in [0, 0.1) is 6.92 Å². The largest absolute Gasteiger partial charge is 0.388 e. The summed E-state index contributed by atoms with van der Waals surface area (Å²) in [6.07, 6.45) is 6.80. The number of hydrogen-bond acceptors (Lipinski definition) is 4. The minimum atomic E-state index is -0.684. The van der Waals surface area contributed by atoms with Gasteiger partial charge in [0.25, 0.3) is 0 Å². The highest BCUT2D eigenvalue weighted by atomic mass is 16.3. The summed E-state index contributed by atoms with van der Waals surface area (Å²) in [6, 6.07) is 0.169. The predicted molar refractivity (Wildman–Crippen MR) is 80.1 cm³/mol. The van der Waals surface area contributed by atoms with Crippen LogP contribution in [0.15, 0.2) is 0 Å². The molecule has 0 bridgehead atoms. The molecule has 4 heteroatoms. The van der Waals surface area contributed by atoms with Crippen LogP contribution in [0.3, 0.4) is 0 Å². The Hall–Kier alpha value is -1.16. The van der Waals surface area contributed by atoms with E-state index < -0.39 is 5.60 Å². The highest BCUT2D eigenvalue weighted by Crippen LogP contribution is 2.35. The molecule has 2 aliphatic rings. The number of nitrogens with zero attached hydrogens (tertiary/aromatic N) is 3. The Bertz CT molecular complexity index is 507. The van der Waals surface area contributed by atoms with Gasteiger partial charge in [0, 0.05) is 17.8 Å². The van der Waals surface area contributed by atoms with Gasteiger partial charge >= 0.3 is 0 Å². The standard InChI is InChI=1S/C16H25N3O/c1-11-17-13-8-5-4-7-12(13)15(18-11)19-10-6-9-14(19)16(2,3)20/h14,20H,4-10H2,1-3H3. The summed E-state index contributed by atoms with van der Waals surface area (Å²) < 4.78 is 0. The van der Waals surface area contributed by atoms with Gasteiger partial charge in [-0.15, -0.1) is 0 Å². The first kappa shape index (κ1) is 13.8. The molecule has 1 aromatic rings. The zero-order chi connectivity index (χ0) is 14.3. The lowest BCUT2D eigenvalue weighted by atomic mass is 9.93. The van der Waals surface area contributed by atoms with Gasteiger partial charge in [-0.25, -0.2) is 9.97 Å².